The molecule has 0 unspecified atom stereocenters. The van der Waals surface area contributed by atoms with E-state index >= 15 is 0 Å². The first kappa shape index (κ1) is 19.6. The number of pyridine rings is 1. The summed E-state index contributed by atoms with van der Waals surface area (Å²) in [5.41, 5.74) is 0.826. The number of hydrogen-bond acceptors (Lipinski definition) is 7. The largest absolute Gasteiger partial charge is 0.351 e. The van der Waals surface area contributed by atoms with Gasteiger partial charge in [-0.1, -0.05) is 17.8 Å². The van der Waals surface area contributed by atoms with E-state index < -0.39 is 15.1 Å². The number of sulfone groups is 1. The second kappa shape index (κ2) is 8.22. The molecule has 1 N–H and O–H groups in total. The van der Waals surface area contributed by atoms with Crippen LogP contribution in [-0.4, -0.2) is 56.9 Å². The lowest BCUT2D eigenvalue weighted by Gasteiger charge is -2.15. The van der Waals surface area contributed by atoms with Crippen LogP contribution in [0.3, 0.4) is 0 Å². The van der Waals surface area contributed by atoms with Gasteiger partial charge in [-0.3, -0.25) is 14.3 Å². The van der Waals surface area contributed by atoms with Crippen molar-refractivity contribution in [1.82, 2.24) is 25.1 Å². The first-order valence-corrected chi connectivity index (χ1v) is 11.2. The summed E-state index contributed by atoms with van der Waals surface area (Å²) in [6.07, 6.45) is 5.59. The lowest BCUT2D eigenvalue weighted by molar-refractivity contribution is -0.120. The van der Waals surface area contributed by atoms with Crippen LogP contribution in [-0.2, 0) is 21.2 Å². The number of nitrogens with one attached hydrogen (secondary N) is 1. The van der Waals surface area contributed by atoms with Gasteiger partial charge in [0.2, 0.25) is 5.91 Å². The van der Waals surface area contributed by atoms with Crippen molar-refractivity contribution in [2.24, 2.45) is 0 Å². The van der Waals surface area contributed by atoms with E-state index in [4.69, 9.17) is 0 Å². The summed E-state index contributed by atoms with van der Waals surface area (Å²) < 4.78 is 25.0. The first-order valence-electron chi connectivity index (χ1n) is 8.51. The van der Waals surface area contributed by atoms with Gasteiger partial charge in [0, 0.05) is 30.5 Å². The van der Waals surface area contributed by atoms with Gasteiger partial charge in [-0.25, -0.2) is 8.42 Å². The minimum Gasteiger partial charge on any atom is -0.351 e. The van der Waals surface area contributed by atoms with E-state index in [1.54, 1.807) is 25.4 Å². The molecule has 27 heavy (non-hydrogen) atoms. The van der Waals surface area contributed by atoms with Crippen molar-refractivity contribution in [2.75, 3.05) is 11.5 Å². The summed E-state index contributed by atoms with van der Waals surface area (Å²) in [6.45, 7) is 6.03. The third-order valence-electron chi connectivity index (χ3n) is 4.18. The van der Waals surface area contributed by atoms with Gasteiger partial charge >= 0.3 is 0 Å². The second-order valence-electron chi connectivity index (χ2n) is 6.32. The van der Waals surface area contributed by atoms with Gasteiger partial charge in [-0.15, -0.1) is 16.8 Å². The number of hydrogen-bond donors (Lipinski definition) is 1. The standard InChI is InChI=1S/C17H21N5O3S2/c1-3-8-22-15(13-5-4-7-18-10-13)20-21-17(22)26-12(2)16(23)19-14-6-9-27(24,25)11-14/h3-5,7,10,12,14H,1,6,8-9,11H2,2H3,(H,19,23)/t12-,14+/m0/s1. The van der Waals surface area contributed by atoms with Crippen LogP contribution < -0.4 is 5.32 Å². The second-order valence-corrected chi connectivity index (χ2v) is 9.85. The summed E-state index contributed by atoms with van der Waals surface area (Å²) in [7, 11) is -3.03. The fraction of sp³-hybridized carbons (Fsp3) is 0.412. The Labute approximate surface area is 162 Å². The molecule has 1 saturated heterocycles. The molecular formula is C17H21N5O3S2. The van der Waals surface area contributed by atoms with E-state index in [0.717, 1.165) is 5.56 Å². The van der Waals surface area contributed by atoms with E-state index in [-0.39, 0.29) is 23.5 Å². The summed E-state index contributed by atoms with van der Waals surface area (Å²) in [4.78, 5) is 16.5. The molecule has 1 aliphatic rings. The Bertz CT molecular complexity index is 927. The van der Waals surface area contributed by atoms with Gasteiger partial charge in [0.15, 0.2) is 20.8 Å². The van der Waals surface area contributed by atoms with Crippen LogP contribution in [0.1, 0.15) is 13.3 Å². The van der Waals surface area contributed by atoms with Crippen LogP contribution >= 0.6 is 11.8 Å². The van der Waals surface area contributed by atoms with E-state index in [9.17, 15) is 13.2 Å². The molecule has 10 heteroatoms. The van der Waals surface area contributed by atoms with Crippen molar-refractivity contribution < 1.29 is 13.2 Å². The minimum absolute atomic E-state index is 0.00787. The van der Waals surface area contributed by atoms with Crippen LogP contribution in [0.5, 0.6) is 0 Å². The van der Waals surface area contributed by atoms with Crippen molar-refractivity contribution in [3.05, 3.63) is 37.2 Å². The number of allylic oxidation sites excluding steroid dienone is 1. The molecule has 2 aromatic heterocycles. The van der Waals surface area contributed by atoms with Gasteiger partial charge in [0.1, 0.15) is 0 Å². The number of thioether (sulfide) groups is 1. The molecular weight excluding hydrogens is 386 g/mol. The SMILES string of the molecule is C=CCn1c(S[C@@H](C)C(=O)N[C@@H]2CCS(=O)(=O)C2)nnc1-c1cccnc1. The molecule has 1 amide bonds. The highest BCUT2D eigenvalue weighted by Crippen LogP contribution is 2.27. The fourth-order valence-electron chi connectivity index (χ4n) is 2.82. The number of aromatic nitrogens is 4. The molecule has 2 atom stereocenters. The van der Waals surface area contributed by atoms with Crippen molar-refractivity contribution >= 4 is 27.5 Å². The predicted octanol–water partition coefficient (Wildman–Crippen LogP) is 1.31. The number of rotatable bonds is 7. The summed E-state index contributed by atoms with van der Waals surface area (Å²) in [6, 6.07) is 3.39. The summed E-state index contributed by atoms with van der Waals surface area (Å²) in [5, 5.41) is 11.4. The van der Waals surface area contributed by atoms with Crippen molar-refractivity contribution in [2.45, 2.75) is 36.3 Å². The summed E-state index contributed by atoms with van der Waals surface area (Å²) in [5.74, 6) is 0.577. The maximum Gasteiger partial charge on any atom is 0.233 e. The fourth-order valence-corrected chi connectivity index (χ4v) is 5.36. The van der Waals surface area contributed by atoms with Crippen LogP contribution in [0.2, 0.25) is 0 Å². The molecule has 3 rings (SSSR count). The molecule has 0 saturated carbocycles. The normalized spacial score (nSPS) is 19.5. The molecule has 1 fully saturated rings. The number of amides is 1. The third kappa shape index (κ3) is 4.75. The van der Waals surface area contributed by atoms with Crippen LogP contribution in [0.25, 0.3) is 11.4 Å². The Kier molecular flexibility index (Phi) is 5.95. The van der Waals surface area contributed by atoms with Crippen LogP contribution in [0, 0.1) is 0 Å². The Hall–Kier alpha value is -2.20. The molecule has 0 spiro atoms. The van der Waals surface area contributed by atoms with Crippen molar-refractivity contribution in [1.29, 1.82) is 0 Å². The highest BCUT2D eigenvalue weighted by molar-refractivity contribution is 8.00. The summed E-state index contributed by atoms with van der Waals surface area (Å²) >= 11 is 1.28. The zero-order valence-corrected chi connectivity index (χ0v) is 16.5. The topological polar surface area (TPSA) is 107 Å². The van der Waals surface area contributed by atoms with Gasteiger partial charge in [-0.05, 0) is 25.5 Å². The first-order chi connectivity index (χ1) is 12.9. The number of nitrogens with zero attached hydrogens (tertiary/aromatic N) is 4. The third-order valence-corrected chi connectivity index (χ3v) is 7.03. The quantitative estimate of drug-likeness (QED) is 0.545. The molecule has 2 aromatic rings. The maximum atomic E-state index is 12.4. The molecule has 0 aliphatic carbocycles. The van der Waals surface area contributed by atoms with E-state index in [1.807, 2.05) is 16.7 Å². The van der Waals surface area contributed by atoms with Crippen LogP contribution in [0.4, 0.5) is 0 Å². The van der Waals surface area contributed by atoms with Gasteiger partial charge in [-0.2, -0.15) is 0 Å². The smallest absolute Gasteiger partial charge is 0.233 e. The van der Waals surface area contributed by atoms with E-state index in [0.29, 0.717) is 23.9 Å². The molecule has 0 bridgehead atoms. The lowest BCUT2D eigenvalue weighted by Crippen LogP contribution is -2.40. The van der Waals surface area contributed by atoms with Gasteiger partial charge in [0.05, 0.1) is 16.8 Å². The average Bonchev–Trinajstić information content (AvgIpc) is 3.19. The minimum atomic E-state index is -3.03. The molecule has 0 radical (unpaired) electrons. The number of carbonyl (C=O) groups excluding carboxylic acids is 1. The van der Waals surface area contributed by atoms with E-state index in [1.165, 1.54) is 11.8 Å². The zero-order chi connectivity index (χ0) is 19.4. The molecule has 8 nitrogen and oxygen atoms in total. The number of carbonyl (C=O) groups is 1. The molecule has 3 heterocycles. The predicted molar refractivity (Wildman–Crippen MR) is 104 cm³/mol. The Morgan fingerprint density at radius 1 is 1.52 bits per heavy atom. The van der Waals surface area contributed by atoms with Gasteiger partial charge < -0.3 is 5.32 Å². The monoisotopic (exact) mass is 407 g/mol. The molecule has 1 aliphatic heterocycles. The van der Waals surface area contributed by atoms with Crippen LogP contribution in [0.15, 0.2) is 42.3 Å². The maximum absolute atomic E-state index is 12.4. The lowest BCUT2D eigenvalue weighted by atomic mass is 10.2. The van der Waals surface area contributed by atoms with Crippen molar-refractivity contribution in [3.8, 4) is 11.4 Å². The Balaban J connectivity index is 1.72. The molecule has 0 aromatic carbocycles. The van der Waals surface area contributed by atoms with Crippen molar-refractivity contribution in [3.63, 3.8) is 0 Å². The van der Waals surface area contributed by atoms with E-state index in [2.05, 4.69) is 27.1 Å². The Morgan fingerprint density at radius 3 is 2.96 bits per heavy atom. The Morgan fingerprint density at radius 2 is 2.33 bits per heavy atom. The highest BCUT2D eigenvalue weighted by Gasteiger charge is 2.30. The highest BCUT2D eigenvalue weighted by atomic mass is 32.2. The average molecular weight is 408 g/mol. The zero-order valence-electron chi connectivity index (χ0n) is 14.9. The molecule has 144 valence electrons. The van der Waals surface area contributed by atoms with Gasteiger partial charge in [0.25, 0.3) is 0 Å².